The average Bonchev–Trinajstić information content (AvgIpc) is 2.32. The van der Waals surface area contributed by atoms with Crippen molar-refractivity contribution in [2.24, 2.45) is 5.92 Å². The Labute approximate surface area is 69.2 Å². The topological polar surface area (TPSA) is 6.48 Å². The van der Waals surface area contributed by atoms with E-state index in [2.05, 4.69) is 23.9 Å². The van der Waals surface area contributed by atoms with Gasteiger partial charge in [-0.1, -0.05) is 0 Å². The maximum atomic E-state index is 2.54. The molecule has 0 saturated carbocycles. The van der Waals surface area contributed by atoms with Gasteiger partial charge in [0.15, 0.2) is 0 Å². The van der Waals surface area contributed by atoms with Crippen LogP contribution in [-0.4, -0.2) is 49.6 Å². The van der Waals surface area contributed by atoms with Crippen molar-refractivity contribution in [2.45, 2.75) is 18.9 Å². The third-order valence-corrected chi connectivity index (χ3v) is 3.32. The molecular weight excluding hydrogens is 136 g/mol. The van der Waals surface area contributed by atoms with Gasteiger partial charge in [0.25, 0.3) is 0 Å². The van der Waals surface area contributed by atoms with Crippen molar-refractivity contribution in [3.63, 3.8) is 0 Å². The summed E-state index contributed by atoms with van der Waals surface area (Å²) in [6.07, 6.45) is 2.81. The Hall–Kier alpha value is -0.0800. The molecule has 0 bridgehead atoms. The summed E-state index contributed by atoms with van der Waals surface area (Å²) in [7, 11) is 4.52. The summed E-state index contributed by atoms with van der Waals surface area (Å²) in [6, 6.07) is 0.909. The van der Waals surface area contributed by atoms with Gasteiger partial charge in [-0.05, 0) is 45.9 Å². The number of likely N-dealkylation sites (tertiary alicyclic amines) is 2. The fourth-order valence-electron chi connectivity index (χ4n) is 2.60. The lowest BCUT2D eigenvalue weighted by Gasteiger charge is -2.34. The minimum absolute atomic E-state index is 0.909. The largest absolute Gasteiger partial charge is 0.306 e. The van der Waals surface area contributed by atoms with Gasteiger partial charge < -0.3 is 9.80 Å². The molecule has 2 rings (SSSR count). The van der Waals surface area contributed by atoms with Gasteiger partial charge in [0, 0.05) is 12.6 Å². The molecule has 2 aliphatic rings. The molecule has 2 atom stereocenters. The summed E-state index contributed by atoms with van der Waals surface area (Å²) in [4.78, 5) is 5.01. The van der Waals surface area contributed by atoms with Crippen molar-refractivity contribution in [1.29, 1.82) is 0 Å². The summed E-state index contributed by atoms with van der Waals surface area (Å²) < 4.78 is 0. The molecule has 2 heteroatoms. The van der Waals surface area contributed by atoms with Gasteiger partial charge in [0.1, 0.15) is 0 Å². The summed E-state index contributed by atoms with van der Waals surface area (Å²) in [5.74, 6) is 0.971. The second kappa shape index (κ2) is 2.76. The zero-order chi connectivity index (χ0) is 7.84. The van der Waals surface area contributed by atoms with Gasteiger partial charge in [-0.25, -0.2) is 0 Å². The lowest BCUT2D eigenvalue weighted by atomic mass is 9.93. The van der Waals surface area contributed by atoms with Crippen LogP contribution in [0.2, 0.25) is 0 Å². The highest BCUT2D eigenvalue weighted by Gasteiger charge is 2.34. The molecule has 0 N–H and O–H groups in total. The van der Waals surface area contributed by atoms with E-state index < -0.39 is 0 Å². The van der Waals surface area contributed by atoms with E-state index in [0.29, 0.717) is 0 Å². The predicted octanol–water partition coefficient (Wildman–Crippen LogP) is 0.642. The molecule has 0 aromatic heterocycles. The SMILES string of the molecule is CN1CC[C@H]2[C@H](CCN2C)C1. The van der Waals surface area contributed by atoms with Crippen molar-refractivity contribution in [2.75, 3.05) is 33.7 Å². The Morgan fingerprint density at radius 1 is 1.09 bits per heavy atom. The Balaban J connectivity index is 2.00. The van der Waals surface area contributed by atoms with Crippen LogP contribution in [0.5, 0.6) is 0 Å². The molecule has 2 nitrogen and oxygen atoms in total. The van der Waals surface area contributed by atoms with E-state index in [1.807, 2.05) is 0 Å². The average molecular weight is 154 g/mol. The molecule has 2 saturated heterocycles. The van der Waals surface area contributed by atoms with E-state index in [9.17, 15) is 0 Å². The fraction of sp³-hybridized carbons (Fsp3) is 1.00. The Morgan fingerprint density at radius 2 is 1.91 bits per heavy atom. The lowest BCUT2D eigenvalue weighted by molar-refractivity contribution is 0.145. The Kier molecular flexibility index (Phi) is 1.90. The molecule has 0 radical (unpaired) electrons. The molecule has 0 aromatic rings. The van der Waals surface area contributed by atoms with Crippen LogP contribution < -0.4 is 0 Å². The Morgan fingerprint density at radius 3 is 2.73 bits per heavy atom. The van der Waals surface area contributed by atoms with E-state index in [1.165, 1.54) is 32.5 Å². The number of rotatable bonds is 0. The third kappa shape index (κ3) is 1.30. The van der Waals surface area contributed by atoms with Crippen LogP contribution in [0, 0.1) is 5.92 Å². The van der Waals surface area contributed by atoms with E-state index in [0.717, 1.165) is 12.0 Å². The standard InChI is InChI=1S/C9H18N2/c1-10-5-4-9-8(7-10)3-6-11(9)2/h8-9H,3-7H2,1-2H3/t8-,9+/m1/s1. The summed E-state index contributed by atoms with van der Waals surface area (Å²) in [6.45, 7) is 3.95. The van der Waals surface area contributed by atoms with E-state index in [1.54, 1.807) is 0 Å². The molecule has 2 heterocycles. The van der Waals surface area contributed by atoms with Gasteiger partial charge in [-0.15, -0.1) is 0 Å². The fourth-order valence-corrected chi connectivity index (χ4v) is 2.60. The predicted molar refractivity (Wildman–Crippen MR) is 46.6 cm³/mol. The van der Waals surface area contributed by atoms with Crippen molar-refractivity contribution in [1.82, 2.24) is 9.80 Å². The highest BCUT2D eigenvalue weighted by atomic mass is 15.2. The van der Waals surface area contributed by atoms with Crippen LogP contribution in [0.4, 0.5) is 0 Å². The van der Waals surface area contributed by atoms with Crippen molar-refractivity contribution < 1.29 is 0 Å². The third-order valence-electron chi connectivity index (χ3n) is 3.32. The molecule has 0 amide bonds. The summed E-state index contributed by atoms with van der Waals surface area (Å²) >= 11 is 0. The van der Waals surface area contributed by atoms with Crippen molar-refractivity contribution >= 4 is 0 Å². The number of piperidine rings is 1. The van der Waals surface area contributed by atoms with Crippen LogP contribution in [0.3, 0.4) is 0 Å². The van der Waals surface area contributed by atoms with Crippen LogP contribution in [-0.2, 0) is 0 Å². The smallest absolute Gasteiger partial charge is 0.0145 e. The van der Waals surface area contributed by atoms with E-state index >= 15 is 0 Å². The molecule has 11 heavy (non-hydrogen) atoms. The molecule has 0 unspecified atom stereocenters. The molecule has 2 aliphatic heterocycles. The first-order valence-electron chi connectivity index (χ1n) is 4.66. The summed E-state index contributed by atoms with van der Waals surface area (Å²) in [5.41, 5.74) is 0. The van der Waals surface area contributed by atoms with Crippen molar-refractivity contribution in [3.05, 3.63) is 0 Å². The normalized spacial score (nSPS) is 40.9. The number of nitrogens with zero attached hydrogens (tertiary/aromatic N) is 2. The van der Waals surface area contributed by atoms with Crippen LogP contribution >= 0.6 is 0 Å². The summed E-state index contributed by atoms with van der Waals surface area (Å²) in [5, 5.41) is 0. The molecule has 0 aromatic carbocycles. The maximum absolute atomic E-state index is 2.54. The second-order valence-electron chi connectivity index (χ2n) is 4.15. The van der Waals surface area contributed by atoms with Crippen LogP contribution in [0.25, 0.3) is 0 Å². The zero-order valence-corrected chi connectivity index (χ0v) is 7.58. The van der Waals surface area contributed by atoms with Gasteiger partial charge in [0.2, 0.25) is 0 Å². The zero-order valence-electron chi connectivity index (χ0n) is 7.58. The van der Waals surface area contributed by atoms with E-state index in [-0.39, 0.29) is 0 Å². The number of fused-ring (bicyclic) bond motifs is 1. The molecule has 0 spiro atoms. The molecular formula is C9H18N2. The van der Waals surface area contributed by atoms with Crippen molar-refractivity contribution in [3.8, 4) is 0 Å². The highest BCUT2D eigenvalue weighted by Crippen LogP contribution is 2.29. The number of hydrogen-bond acceptors (Lipinski definition) is 2. The highest BCUT2D eigenvalue weighted by molar-refractivity contribution is 4.90. The monoisotopic (exact) mass is 154 g/mol. The Bertz CT molecular complexity index is 146. The minimum Gasteiger partial charge on any atom is -0.306 e. The second-order valence-corrected chi connectivity index (χ2v) is 4.15. The quantitative estimate of drug-likeness (QED) is 0.505. The maximum Gasteiger partial charge on any atom is 0.0145 e. The van der Waals surface area contributed by atoms with Crippen LogP contribution in [0.15, 0.2) is 0 Å². The molecule has 64 valence electrons. The van der Waals surface area contributed by atoms with Gasteiger partial charge in [0.05, 0.1) is 0 Å². The first-order valence-corrected chi connectivity index (χ1v) is 4.66. The minimum atomic E-state index is 0.909. The van der Waals surface area contributed by atoms with Gasteiger partial charge in [-0.2, -0.15) is 0 Å². The van der Waals surface area contributed by atoms with Gasteiger partial charge >= 0.3 is 0 Å². The van der Waals surface area contributed by atoms with E-state index in [4.69, 9.17) is 0 Å². The molecule has 0 aliphatic carbocycles. The first kappa shape index (κ1) is 7.56. The lowest BCUT2D eigenvalue weighted by Crippen LogP contribution is -2.43. The van der Waals surface area contributed by atoms with Gasteiger partial charge in [-0.3, -0.25) is 0 Å². The van der Waals surface area contributed by atoms with Crippen LogP contribution in [0.1, 0.15) is 12.8 Å². The first-order chi connectivity index (χ1) is 5.27. The number of hydrogen-bond donors (Lipinski definition) is 0. The molecule has 2 fully saturated rings.